The number of anilines is 2. The summed E-state index contributed by atoms with van der Waals surface area (Å²) in [7, 11) is 0. The summed E-state index contributed by atoms with van der Waals surface area (Å²) in [5.74, 6) is 2.44. The molecule has 5 rings (SSSR count). The molecule has 1 atom stereocenters. The van der Waals surface area contributed by atoms with Gasteiger partial charge >= 0.3 is 0 Å². The molecule has 0 radical (unpaired) electrons. The minimum absolute atomic E-state index is 0.225. The van der Waals surface area contributed by atoms with E-state index in [-0.39, 0.29) is 5.91 Å². The molecule has 3 aromatic carbocycles. The van der Waals surface area contributed by atoms with Crippen LogP contribution < -0.4 is 20.1 Å². The maximum atomic E-state index is 13.9. The summed E-state index contributed by atoms with van der Waals surface area (Å²) in [4.78, 5) is 18.7. The number of ether oxygens (including phenoxy) is 2. The number of carbonyl (C=O) groups is 1. The Kier molecular flexibility index (Phi) is 9.77. The Balaban J connectivity index is 1.56. The van der Waals surface area contributed by atoms with Crippen molar-refractivity contribution in [2.75, 3.05) is 23.0 Å². The van der Waals surface area contributed by atoms with Gasteiger partial charge in [-0.2, -0.15) is 4.98 Å². The molecular formula is C33H36BrN5O3S. The quantitative estimate of drug-likeness (QED) is 0.157. The summed E-state index contributed by atoms with van der Waals surface area (Å²) in [6, 6.07) is 19.2. The molecule has 0 fully saturated rings. The largest absolute Gasteiger partial charge is 0.490 e. The summed E-state index contributed by atoms with van der Waals surface area (Å²) in [6.07, 6.45) is 1.00. The second-order valence-electron chi connectivity index (χ2n) is 10.4. The molecule has 1 unspecified atom stereocenters. The third kappa shape index (κ3) is 6.91. The number of aryl methyl sites for hydroxylation is 2. The van der Waals surface area contributed by atoms with Crippen LogP contribution in [0, 0.1) is 13.8 Å². The number of hydrogen-bond acceptors (Lipinski definition) is 7. The highest BCUT2D eigenvalue weighted by Gasteiger charge is 2.35. The first kappa shape index (κ1) is 30.7. The van der Waals surface area contributed by atoms with E-state index in [2.05, 4.69) is 52.5 Å². The maximum Gasteiger partial charge on any atom is 0.255 e. The van der Waals surface area contributed by atoms with E-state index in [0.717, 1.165) is 44.6 Å². The second kappa shape index (κ2) is 13.7. The number of thioether (sulfide) groups is 1. The third-order valence-electron chi connectivity index (χ3n) is 7.10. The van der Waals surface area contributed by atoms with Crippen LogP contribution in [0.15, 0.2) is 81.6 Å². The molecule has 1 aromatic heterocycles. The lowest BCUT2D eigenvalue weighted by Gasteiger charge is -2.29. The third-order valence-corrected chi connectivity index (χ3v) is 8.74. The second-order valence-corrected chi connectivity index (χ2v) is 12.3. The topological polar surface area (TPSA) is 90.3 Å². The van der Waals surface area contributed by atoms with Gasteiger partial charge in [-0.25, -0.2) is 4.68 Å². The van der Waals surface area contributed by atoms with Gasteiger partial charge in [-0.15, -0.1) is 5.10 Å². The first-order chi connectivity index (χ1) is 20.8. The highest BCUT2D eigenvalue weighted by Crippen LogP contribution is 2.43. The Hall–Kier alpha value is -3.76. The number of halogens is 1. The highest BCUT2D eigenvalue weighted by atomic mass is 79.9. The number of allylic oxidation sites excluding steroid dienone is 1. The molecule has 0 spiro atoms. The summed E-state index contributed by atoms with van der Waals surface area (Å²) in [5, 5.41) is 11.9. The van der Waals surface area contributed by atoms with Crippen molar-refractivity contribution >= 4 is 45.2 Å². The summed E-state index contributed by atoms with van der Waals surface area (Å²) < 4.78 is 14.9. The van der Waals surface area contributed by atoms with Gasteiger partial charge in [-0.1, -0.05) is 60.6 Å². The molecule has 0 saturated carbocycles. The van der Waals surface area contributed by atoms with E-state index < -0.39 is 6.04 Å². The molecule has 224 valence electrons. The van der Waals surface area contributed by atoms with Crippen molar-refractivity contribution < 1.29 is 14.3 Å². The molecule has 4 aromatic rings. The van der Waals surface area contributed by atoms with Crippen LogP contribution in [0.2, 0.25) is 0 Å². The van der Waals surface area contributed by atoms with Gasteiger partial charge in [-0.3, -0.25) is 4.79 Å². The Labute approximate surface area is 265 Å². The van der Waals surface area contributed by atoms with Crippen LogP contribution in [0.5, 0.6) is 11.5 Å². The lowest BCUT2D eigenvalue weighted by atomic mass is 9.94. The van der Waals surface area contributed by atoms with Gasteiger partial charge in [0.05, 0.1) is 16.7 Å². The van der Waals surface area contributed by atoms with Gasteiger partial charge in [-0.05, 0) is 91.0 Å². The fourth-order valence-corrected chi connectivity index (χ4v) is 6.15. The van der Waals surface area contributed by atoms with E-state index >= 15 is 0 Å². The summed E-state index contributed by atoms with van der Waals surface area (Å²) in [5.41, 5.74) is 6.14. The smallest absolute Gasteiger partial charge is 0.255 e. The van der Waals surface area contributed by atoms with Gasteiger partial charge in [0.15, 0.2) is 11.5 Å². The van der Waals surface area contributed by atoms with E-state index in [1.54, 1.807) is 16.4 Å². The van der Waals surface area contributed by atoms with Gasteiger partial charge in [0.2, 0.25) is 11.1 Å². The zero-order chi connectivity index (χ0) is 30.5. The van der Waals surface area contributed by atoms with Crippen LogP contribution >= 0.6 is 27.7 Å². The first-order valence-electron chi connectivity index (χ1n) is 14.4. The molecular weight excluding hydrogens is 626 g/mol. The zero-order valence-electron chi connectivity index (χ0n) is 25.0. The van der Waals surface area contributed by atoms with E-state index in [4.69, 9.17) is 19.6 Å². The summed E-state index contributed by atoms with van der Waals surface area (Å²) >= 11 is 5.34. The van der Waals surface area contributed by atoms with E-state index in [0.29, 0.717) is 47.1 Å². The molecule has 1 amide bonds. The van der Waals surface area contributed by atoms with Crippen LogP contribution in [-0.4, -0.2) is 33.0 Å². The average molecular weight is 663 g/mol. The molecule has 0 aliphatic carbocycles. The monoisotopic (exact) mass is 661 g/mol. The molecule has 2 heterocycles. The Morgan fingerprint density at radius 3 is 2.56 bits per heavy atom. The van der Waals surface area contributed by atoms with Gasteiger partial charge in [0, 0.05) is 17.1 Å². The predicted molar refractivity (Wildman–Crippen MR) is 176 cm³/mol. The van der Waals surface area contributed by atoms with Crippen LogP contribution in [0.1, 0.15) is 55.5 Å². The molecule has 1 aliphatic heterocycles. The molecule has 10 heteroatoms. The van der Waals surface area contributed by atoms with Crippen LogP contribution in [0.25, 0.3) is 0 Å². The minimum Gasteiger partial charge on any atom is -0.490 e. The standard InChI is InChI=1S/C33H36BrN5O3S/c1-6-16-43-33-37-32-35-22(5)28(31(40)36-25-14-12-20(3)13-15-25)29(39(32)38-33)24-17-26(34)30(27(18-24)41-7-2)42-19-23-11-9-8-10-21(23)4/h8-15,17-18,29H,6-7,16,19H2,1-5H3,(H,36,40)(H,35,37,38). The van der Waals surface area contributed by atoms with Crippen molar-refractivity contribution in [3.63, 3.8) is 0 Å². The molecule has 8 nitrogen and oxygen atoms in total. The fraction of sp³-hybridized carbons (Fsp3) is 0.303. The van der Waals surface area contributed by atoms with Gasteiger partial charge in [0.1, 0.15) is 12.6 Å². The number of benzene rings is 3. The van der Waals surface area contributed by atoms with E-state index in [9.17, 15) is 4.79 Å². The normalized spacial score (nSPS) is 14.2. The van der Waals surface area contributed by atoms with Gasteiger partial charge < -0.3 is 20.1 Å². The minimum atomic E-state index is -0.564. The number of fused-ring (bicyclic) bond motifs is 1. The van der Waals surface area contributed by atoms with Crippen molar-refractivity contribution in [3.05, 3.63) is 98.7 Å². The van der Waals surface area contributed by atoms with Crippen molar-refractivity contribution in [1.82, 2.24) is 14.8 Å². The van der Waals surface area contributed by atoms with Crippen LogP contribution in [-0.2, 0) is 11.4 Å². The number of nitrogens with one attached hydrogen (secondary N) is 2. The molecule has 43 heavy (non-hydrogen) atoms. The number of carbonyl (C=O) groups excluding carboxylic acids is 1. The zero-order valence-corrected chi connectivity index (χ0v) is 27.4. The van der Waals surface area contributed by atoms with Crippen LogP contribution in [0.3, 0.4) is 0 Å². The van der Waals surface area contributed by atoms with Crippen LogP contribution in [0.4, 0.5) is 11.6 Å². The lowest BCUT2D eigenvalue weighted by molar-refractivity contribution is -0.113. The van der Waals surface area contributed by atoms with Crippen molar-refractivity contribution in [1.29, 1.82) is 0 Å². The summed E-state index contributed by atoms with van der Waals surface area (Å²) in [6.45, 7) is 10.9. The first-order valence-corrected chi connectivity index (χ1v) is 16.2. The molecule has 0 bridgehead atoms. The molecule has 1 aliphatic rings. The van der Waals surface area contributed by atoms with Crippen molar-refractivity contribution in [3.8, 4) is 11.5 Å². The van der Waals surface area contributed by atoms with E-state index in [1.807, 2.05) is 69.3 Å². The lowest BCUT2D eigenvalue weighted by Crippen LogP contribution is -2.31. The number of rotatable bonds is 11. The number of amides is 1. The Morgan fingerprint density at radius 2 is 1.84 bits per heavy atom. The fourth-order valence-electron chi connectivity index (χ4n) is 4.89. The maximum absolute atomic E-state index is 13.9. The Morgan fingerprint density at radius 1 is 1.07 bits per heavy atom. The van der Waals surface area contributed by atoms with Gasteiger partial charge in [0.25, 0.3) is 5.91 Å². The highest BCUT2D eigenvalue weighted by molar-refractivity contribution is 9.10. The Bertz CT molecular complexity index is 1650. The molecule has 2 N–H and O–H groups in total. The number of nitrogens with zero attached hydrogens (tertiary/aromatic N) is 3. The molecule has 0 saturated heterocycles. The SMILES string of the molecule is CCCSc1nc2n(n1)C(c1cc(Br)c(OCc3ccccc3C)c(OCC)c1)C(C(=O)Nc1ccc(C)cc1)=C(C)N2. The number of hydrogen-bond donors (Lipinski definition) is 2. The number of aromatic nitrogens is 3. The van der Waals surface area contributed by atoms with Crippen molar-refractivity contribution in [2.24, 2.45) is 0 Å². The predicted octanol–water partition coefficient (Wildman–Crippen LogP) is 8.06. The van der Waals surface area contributed by atoms with Crippen molar-refractivity contribution in [2.45, 2.75) is 58.8 Å². The average Bonchev–Trinajstić information content (AvgIpc) is 3.39. The van der Waals surface area contributed by atoms with E-state index in [1.165, 1.54) is 0 Å².